The van der Waals surface area contributed by atoms with Crippen molar-refractivity contribution in [1.29, 1.82) is 0 Å². The first-order chi connectivity index (χ1) is 12.8. The fraction of sp³-hybridized carbons (Fsp3) is 0.450. The minimum Gasteiger partial charge on any atom is -0.308 e. The Hall–Kier alpha value is -2.25. The number of likely N-dealkylation sites (N-methyl/N-ethyl adjacent to an activating group) is 1. The number of fused-ring (bicyclic) bond motifs is 1. The first kappa shape index (κ1) is 19.5. The van der Waals surface area contributed by atoms with E-state index in [2.05, 4.69) is 29.1 Å². The third kappa shape index (κ3) is 4.20. The molecule has 0 aliphatic rings. The molecule has 2 aromatic heterocycles. The molecule has 6 nitrogen and oxygen atoms in total. The average molecular weight is 386 g/mol. The van der Waals surface area contributed by atoms with E-state index >= 15 is 0 Å². The highest BCUT2D eigenvalue weighted by molar-refractivity contribution is 7.22. The molecule has 0 aliphatic heterocycles. The van der Waals surface area contributed by atoms with E-state index in [0.29, 0.717) is 12.2 Å². The van der Waals surface area contributed by atoms with E-state index in [-0.39, 0.29) is 11.9 Å². The van der Waals surface area contributed by atoms with Crippen LogP contribution in [0.25, 0.3) is 10.2 Å². The molecular weight excluding hydrogens is 358 g/mol. The van der Waals surface area contributed by atoms with Gasteiger partial charge in [-0.2, -0.15) is 5.10 Å². The van der Waals surface area contributed by atoms with Gasteiger partial charge in [-0.1, -0.05) is 17.4 Å². The van der Waals surface area contributed by atoms with E-state index in [4.69, 9.17) is 4.98 Å². The highest BCUT2D eigenvalue weighted by atomic mass is 32.1. The van der Waals surface area contributed by atoms with Crippen LogP contribution in [0.15, 0.2) is 24.3 Å². The van der Waals surface area contributed by atoms with Crippen molar-refractivity contribution in [1.82, 2.24) is 19.7 Å². The monoisotopic (exact) mass is 385 g/mol. The lowest BCUT2D eigenvalue weighted by atomic mass is 10.2. The van der Waals surface area contributed by atoms with Crippen LogP contribution in [0.5, 0.6) is 0 Å². The number of carbonyl (C=O) groups is 1. The van der Waals surface area contributed by atoms with Gasteiger partial charge in [0.05, 0.1) is 15.9 Å². The molecule has 0 radical (unpaired) electrons. The van der Waals surface area contributed by atoms with Gasteiger partial charge in [-0.15, -0.1) is 0 Å². The molecule has 0 saturated heterocycles. The second-order valence-corrected chi connectivity index (χ2v) is 8.45. The lowest BCUT2D eigenvalue weighted by Crippen LogP contribution is -2.38. The Balaban J connectivity index is 2.03. The van der Waals surface area contributed by atoms with E-state index in [1.165, 1.54) is 5.56 Å². The van der Waals surface area contributed by atoms with Crippen LogP contribution in [0.3, 0.4) is 0 Å². The molecule has 1 amide bonds. The molecule has 0 aliphatic carbocycles. The van der Waals surface area contributed by atoms with E-state index in [1.807, 2.05) is 47.0 Å². The van der Waals surface area contributed by atoms with Gasteiger partial charge in [0.15, 0.2) is 5.13 Å². The second-order valence-electron chi connectivity index (χ2n) is 7.44. The number of thiazole rings is 1. The van der Waals surface area contributed by atoms with Crippen molar-refractivity contribution < 1.29 is 4.79 Å². The summed E-state index contributed by atoms with van der Waals surface area (Å²) in [7, 11) is 4.01. The average Bonchev–Trinajstić information content (AvgIpc) is 3.17. The fourth-order valence-electron chi connectivity index (χ4n) is 2.93. The molecule has 7 heteroatoms. The zero-order valence-corrected chi connectivity index (χ0v) is 17.7. The number of benzene rings is 1. The Morgan fingerprint density at radius 2 is 1.93 bits per heavy atom. The number of rotatable bonds is 6. The summed E-state index contributed by atoms with van der Waals surface area (Å²) in [5, 5.41) is 5.23. The zero-order chi connectivity index (χ0) is 19.7. The summed E-state index contributed by atoms with van der Waals surface area (Å²) in [6, 6.07) is 8.17. The third-order valence-electron chi connectivity index (χ3n) is 4.35. The minimum absolute atomic E-state index is 0.0538. The standard InChI is InChI=1S/C20H27N5OS/c1-13(2)25-17(12-15(4)22-25)19(26)24(10-9-23(5)6)20-21-16-8-7-14(3)11-18(16)27-20/h7-8,11-13H,9-10H2,1-6H3. The Labute approximate surface area is 164 Å². The number of hydrogen-bond acceptors (Lipinski definition) is 5. The summed E-state index contributed by atoms with van der Waals surface area (Å²) >= 11 is 1.56. The van der Waals surface area contributed by atoms with Gasteiger partial charge in [0.2, 0.25) is 0 Å². The molecule has 27 heavy (non-hydrogen) atoms. The molecule has 0 bridgehead atoms. The van der Waals surface area contributed by atoms with E-state index in [0.717, 1.165) is 27.6 Å². The van der Waals surface area contributed by atoms with Crippen LogP contribution >= 0.6 is 11.3 Å². The molecule has 3 rings (SSSR count). The molecule has 0 unspecified atom stereocenters. The third-order valence-corrected chi connectivity index (χ3v) is 5.39. The van der Waals surface area contributed by atoms with Gasteiger partial charge in [-0.25, -0.2) is 4.98 Å². The minimum atomic E-state index is -0.0538. The van der Waals surface area contributed by atoms with Gasteiger partial charge < -0.3 is 4.90 Å². The molecule has 0 saturated carbocycles. The number of anilines is 1. The largest absolute Gasteiger partial charge is 0.308 e. The van der Waals surface area contributed by atoms with Crippen molar-refractivity contribution in [3.63, 3.8) is 0 Å². The molecule has 0 fully saturated rings. The number of hydrogen-bond donors (Lipinski definition) is 0. The van der Waals surface area contributed by atoms with Crippen LogP contribution in [0.1, 0.15) is 41.6 Å². The predicted molar refractivity (Wildman–Crippen MR) is 112 cm³/mol. The van der Waals surface area contributed by atoms with Crippen molar-refractivity contribution in [2.75, 3.05) is 32.1 Å². The second kappa shape index (κ2) is 7.78. The molecule has 0 atom stereocenters. The summed E-state index contributed by atoms with van der Waals surface area (Å²) in [5.74, 6) is -0.0538. The van der Waals surface area contributed by atoms with Crippen LogP contribution in [-0.2, 0) is 0 Å². The number of aryl methyl sites for hydroxylation is 2. The van der Waals surface area contributed by atoms with E-state index in [1.54, 1.807) is 20.9 Å². The van der Waals surface area contributed by atoms with E-state index < -0.39 is 0 Å². The van der Waals surface area contributed by atoms with Crippen molar-refractivity contribution in [3.8, 4) is 0 Å². The Bertz CT molecular complexity index is 957. The van der Waals surface area contributed by atoms with Gasteiger partial charge >= 0.3 is 0 Å². The molecule has 3 aromatic rings. The summed E-state index contributed by atoms with van der Waals surface area (Å²) < 4.78 is 2.90. The lowest BCUT2D eigenvalue weighted by molar-refractivity contribution is 0.0973. The number of aromatic nitrogens is 3. The SMILES string of the molecule is Cc1ccc2nc(N(CCN(C)C)C(=O)c3cc(C)nn3C(C)C)sc2c1. The molecule has 2 heterocycles. The van der Waals surface area contributed by atoms with Gasteiger partial charge in [-0.05, 0) is 65.6 Å². The first-order valence-electron chi connectivity index (χ1n) is 9.16. The van der Waals surface area contributed by atoms with E-state index in [9.17, 15) is 4.79 Å². The zero-order valence-electron chi connectivity index (χ0n) is 16.9. The highest BCUT2D eigenvalue weighted by Crippen LogP contribution is 2.30. The molecule has 1 aromatic carbocycles. The van der Waals surface area contributed by atoms with Crippen molar-refractivity contribution in [2.24, 2.45) is 0 Å². The normalized spacial score (nSPS) is 11.7. The van der Waals surface area contributed by atoms with Crippen LogP contribution in [0, 0.1) is 13.8 Å². The maximum atomic E-state index is 13.5. The summed E-state index contributed by atoms with van der Waals surface area (Å²) in [5.41, 5.74) is 3.57. The Kier molecular flexibility index (Phi) is 5.62. The van der Waals surface area contributed by atoms with Crippen LogP contribution in [0.4, 0.5) is 5.13 Å². The molecule has 0 N–H and O–H groups in total. The number of amides is 1. The first-order valence-corrected chi connectivity index (χ1v) is 9.98. The Morgan fingerprint density at radius 1 is 1.19 bits per heavy atom. The smallest absolute Gasteiger partial charge is 0.278 e. The molecule has 144 valence electrons. The summed E-state index contributed by atoms with van der Waals surface area (Å²) in [6.45, 7) is 9.39. The van der Waals surface area contributed by atoms with Gasteiger partial charge in [0.1, 0.15) is 5.69 Å². The maximum Gasteiger partial charge on any atom is 0.278 e. The number of nitrogens with zero attached hydrogens (tertiary/aromatic N) is 5. The van der Waals surface area contributed by atoms with Crippen molar-refractivity contribution in [3.05, 3.63) is 41.2 Å². The van der Waals surface area contributed by atoms with Crippen LogP contribution < -0.4 is 4.90 Å². The van der Waals surface area contributed by atoms with Gasteiger partial charge in [0, 0.05) is 19.1 Å². The topological polar surface area (TPSA) is 54.3 Å². The highest BCUT2D eigenvalue weighted by Gasteiger charge is 2.25. The molecule has 0 spiro atoms. The van der Waals surface area contributed by atoms with Crippen molar-refractivity contribution in [2.45, 2.75) is 33.7 Å². The summed E-state index contributed by atoms with van der Waals surface area (Å²) in [6.07, 6.45) is 0. The van der Waals surface area contributed by atoms with Gasteiger partial charge in [-0.3, -0.25) is 14.4 Å². The number of carbonyl (C=O) groups excluding carboxylic acids is 1. The fourth-order valence-corrected chi connectivity index (χ4v) is 4.02. The predicted octanol–water partition coefficient (Wildman–Crippen LogP) is 3.90. The lowest BCUT2D eigenvalue weighted by Gasteiger charge is -2.22. The van der Waals surface area contributed by atoms with Gasteiger partial charge in [0.25, 0.3) is 5.91 Å². The Morgan fingerprint density at radius 3 is 2.59 bits per heavy atom. The van der Waals surface area contributed by atoms with Crippen LogP contribution in [-0.4, -0.2) is 52.8 Å². The van der Waals surface area contributed by atoms with Crippen molar-refractivity contribution >= 4 is 32.6 Å². The maximum absolute atomic E-state index is 13.5. The summed E-state index contributed by atoms with van der Waals surface area (Å²) in [4.78, 5) is 22.0. The molecular formula is C20H27N5OS. The quantitative estimate of drug-likeness (QED) is 0.646. The van der Waals surface area contributed by atoms with Crippen LogP contribution in [0.2, 0.25) is 0 Å².